The van der Waals surface area contributed by atoms with Gasteiger partial charge < -0.3 is 0 Å². The molecular weight excluding hydrogens is 240 g/mol. The molecule has 0 nitrogen and oxygen atoms in total. The molecule has 0 aromatic rings. The minimum Gasteiger partial charge on any atom is -0.179 e. The first-order valence-electron chi connectivity index (χ1n) is 8.02. The zero-order valence-corrected chi connectivity index (χ0v) is 14.9. The molecular formula is C15H34SSi. The first-order chi connectivity index (χ1) is 8.41. The molecule has 0 aliphatic carbocycles. The lowest BCUT2D eigenvalue weighted by Crippen LogP contribution is -1.83. The van der Waals surface area contributed by atoms with Crippen molar-refractivity contribution < 1.29 is 0 Å². The normalized spacial score (nSPS) is 11.1. The van der Waals surface area contributed by atoms with Gasteiger partial charge in [0.1, 0.15) is 0 Å². The van der Waals surface area contributed by atoms with Crippen LogP contribution in [-0.2, 0) is 0 Å². The summed E-state index contributed by atoms with van der Waals surface area (Å²) < 4.78 is 0. The first-order valence-corrected chi connectivity index (χ1v) is 10.1. The number of unbranched alkanes of at least 4 members (excludes halogenated alkanes) is 12. The van der Waals surface area contributed by atoms with E-state index in [0.717, 1.165) is 5.75 Å². The topological polar surface area (TPSA) is 0 Å². The Morgan fingerprint density at radius 2 is 0.765 bits per heavy atom. The molecule has 0 aliphatic rings. The van der Waals surface area contributed by atoms with E-state index in [2.05, 4.69) is 12.6 Å². The molecule has 17 heavy (non-hydrogen) atoms. The zero-order valence-electron chi connectivity index (χ0n) is 12.1. The highest BCUT2D eigenvalue weighted by molar-refractivity contribution is 7.80. The molecule has 104 valence electrons. The van der Waals surface area contributed by atoms with Gasteiger partial charge in [0.2, 0.25) is 0 Å². The molecule has 0 spiro atoms. The highest BCUT2D eigenvalue weighted by Gasteiger charge is 1.93. The molecule has 0 aromatic heterocycles. The molecule has 0 aliphatic heterocycles. The van der Waals surface area contributed by atoms with Gasteiger partial charge in [0, 0.05) is 10.2 Å². The van der Waals surface area contributed by atoms with Crippen LogP contribution in [0.3, 0.4) is 0 Å². The Morgan fingerprint density at radius 1 is 0.471 bits per heavy atom. The predicted molar refractivity (Wildman–Crippen MR) is 88.6 cm³/mol. The van der Waals surface area contributed by atoms with Crippen molar-refractivity contribution in [2.24, 2.45) is 0 Å². The lowest BCUT2D eigenvalue weighted by Gasteiger charge is -2.02. The van der Waals surface area contributed by atoms with Gasteiger partial charge in [-0.3, -0.25) is 0 Å². The summed E-state index contributed by atoms with van der Waals surface area (Å²) in [6, 6.07) is 1.51. The Morgan fingerprint density at radius 3 is 1.06 bits per heavy atom. The van der Waals surface area contributed by atoms with Gasteiger partial charge in [0.15, 0.2) is 0 Å². The maximum Gasteiger partial charge on any atom is 0.00279 e. The van der Waals surface area contributed by atoms with Crippen molar-refractivity contribution >= 4 is 22.9 Å². The molecule has 0 heterocycles. The van der Waals surface area contributed by atoms with Gasteiger partial charge in [-0.15, -0.1) is 0 Å². The lowest BCUT2D eigenvalue weighted by molar-refractivity contribution is 0.543. The van der Waals surface area contributed by atoms with Crippen LogP contribution in [0, 0.1) is 0 Å². The molecule has 0 atom stereocenters. The summed E-state index contributed by atoms with van der Waals surface area (Å²) in [4.78, 5) is 0. The fourth-order valence-corrected chi connectivity index (χ4v) is 3.03. The molecule has 0 saturated heterocycles. The minimum absolute atomic E-state index is 1.07. The highest BCUT2D eigenvalue weighted by atomic mass is 32.1. The van der Waals surface area contributed by atoms with E-state index in [1.165, 1.54) is 99.8 Å². The molecule has 0 saturated carbocycles. The van der Waals surface area contributed by atoms with Crippen molar-refractivity contribution in [3.8, 4) is 0 Å². The van der Waals surface area contributed by atoms with E-state index in [-0.39, 0.29) is 0 Å². The van der Waals surface area contributed by atoms with Crippen LogP contribution in [0.4, 0.5) is 0 Å². The molecule has 0 radical (unpaired) electrons. The standard InChI is InChI=1S/C15H34SSi/c16-14-12-10-8-6-4-2-1-3-5-7-9-11-13-15-17/h16H,1-15H2,17H3. The fraction of sp³-hybridized carbons (Fsp3) is 1.00. The van der Waals surface area contributed by atoms with Gasteiger partial charge >= 0.3 is 0 Å². The van der Waals surface area contributed by atoms with Gasteiger partial charge in [-0.2, -0.15) is 12.6 Å². The van der Waals surface area contributed by atoms with Crippen molar-refractivity contribution in [2.75, 3.05) is 5.75 Å². The van der Waals surface area contributed by atoms with E-state index in [1.54, 1.807) is 0 Å². The Labute approximate surface area is 118 Å². The van der Waals surface area contributed by atoms with Crippen molar-refractivity contribution in [3.63, 3.8) is 0 Å². The fourth-order valence-electron chi connectivity index (χ4n) is 2.31. The Bertz CT molecular complexity index is 114. The van der Waals surface area contributed by atoms with E-state index in [0.29, 0.717) is 0 Å². The lowest BCUT2D eigenvalue weighted by atomic mass is 10.0. The third-order valence-corrected chi connectivity index (χ3v) is 4.54. The molecule has 0 fully saturated rings. The number of rotatable bonds is 14. The highest BCUT2D eigenvalue weighted by Crippen LogP contribution is 2.12. The van der Waals surface area contributed by atoms with Crippen LogP contribution in [0.15, 0.2) is 0 Å². The smallest absolute Gasteiger partial charge is 0.00279 e. The third kappa shape index (κ3) is 16.6. The Balaban J connectivity index is 2.85. The molecule has 0 rings (SSSR count). The van der Waals surface area contributed by atoms with Gasteiger partial charge in [0.25, 0.3) is 0 Å². The SMILES string of the molecule is [SiH3]CCCCCCCCCCCCCCCS. The number of hydrogen-bond donors (Lipinski definition) is 1. The summed E-state index contributed by atoms with van der Waals surface area (Å²) in [7, 11) is 1.41. The molecule has 0 N–H and O–H groups in total. The maximum atomic E-state index is 4.23. The van der Waals surface area contributed by atoms with E-state index in [4.69, 9.17) is 0 Å². The second-order valence-corrected chi connectivity index (χ2v) is 6.77. The monoisotopic (exact) mass is 274 g/mol. The van der Waals surface area contributed by atoms with Crippen molar-refractivity contribution in [1.29, 1.82) is 0 Å². The summed E-state index contributed by atoms with van der Waals surface area (Å²) in [5, 5.41) is 0. The second kappa shape index (κ2) is 16.6. The van der Waals surface area contributed by atoms with E-state index in [9.17, 15) is 0 Å². The summed E-state index contributed by atoms with van der Waals surface area (Å²) in [5.41, 5.74) is 0. The van der Waals surface area contributed by atoms with E-state index in [1.807, 2.05) is 0 Å². The minimum atomic E-state index is 1.07. The van der Waals surface area contributed by atoms with Crippen LogP contribution < -0.4 is 0 Å². The second-order valence-electron chi connectivity index (χ2n) is 5.32. The average molecular weight is 275 g/mol. The third-order valence-electron chi connectivity index (χ3n) is 3.51. The summed E-state index contributed by atoms with van der Waals surface area (Å²) in [5.74, 6) is 1.07. The summed E-state index contributed by atoms with van der Waals surface area (Å²) in [6.45, 7) is 0. The van der Waals surface area contributed by atoms with Crippen molar-refractivity contribution in [1.82, 2.24) is 0 Å². The van der Waals surface area contributed by atoms with Crippen LogP contribution >= 0.6 is 12.6 Å². The molecule has 2 heteroatoms. The van der Waals surface area contributed by atoms with Crippen LogP contribution in [0.25, 0.3) is 0 Å². The zero-order chi connectivity index (χ0) is 12.6. The predicted octanol–water partition coefficient (Wildman–Crippen LogP) is 4.77. The van der Waals surface area contributed by atoms with Crippen LogP contribution in [0.2, 0.25) is 6.04 Å². The quantitative estimate of drug-likeness (QED) is 0.263. The summed E-state index contributed by atoms with van der Waals surface area (Å²) in [6.07, 6.45) is 18.9. The van der Waals surface area contributed by atoms with E-state index < -0.39 is 0 Å². The molecule has 0 unspecified atom stereocenters. The summed E-state index contributed by atoms with van der Waals surface area (Å²) >= 11 is 4.23. The van der Waals surface area contributed by atoms with Gasteiger partial charge in [-0.1, -0.05) is 83.1 Å². The Hall–Kier alpha value is 0.567. The van der Waals surface area contributed by atoms with Gasteiger partial charge in [-0.05, 0) is 12.2 Å². The van der Waals surface area contributed by atoms with Gasteiger partial charge in [0.05, 0.1) is 0 Å². The average Bonchev–Trinajstić information content (AvgIpc) is 2.35. The maximum absolute atomic E-state index is 4.23. The van der Waals surface area contributed by atoms with Crippen LogP contribution in [0.5, 0.6) is 0 Å². The van der Waals surface area contributed by atoms with Crippen molar-refractivity contribution in [3.05, 3.63) is 0 Å². The Kier molecular flexibility index (Phi) is 17.1. The number of hydrogen-bond acceptors (Lipinski definition) is 1. The van der Waals surface area contributed by atoms with Crippen LogP contribution in [-0.4, -0.2) is 16.0 Å². The van der Waals surface area contributed by atoms with Gasteiger partial charge in [-0.25, -0.2) is 0 Å². The van der Waals surface area contributed by atoms with Crippen molar-refractivity contribution in [2.45, 2.75) is 89.5 Å². The van der Waals surface area contributed by atoms with Crippen LogP contribution in [0.1, 0.15) is 83.5 Å². The molecule has 0 aromatic carbocycles. The largest absolute Gasteiger partial charge is 0.179 e. The number of thiol groups is 1. The molecule has 0 amide bonds. The molecule has 0 bridgehead atoms. The van der Waals surface area contributed by atoms with E-state index >= 15 is 0 Å². The first kappa shape index (κ1) is 17.6.